The smallest absolute Gasteiger partial charge is 0.0108 e. The predicted molar refractivity (Wildman–Crippen MR) is 60.6 cm³/mol. The summed E-state index contributed by atoms with van der Waals surface area (Å²) in [6.07, 6.45) is 2.15. The van der Waals surface area contributed by atoms with E-state index in [0.717, 1.165) is 26.2 Å². The summed E-state index contributed by atoms with van der Waals surface area (Å²) in [7, 11) is 0. The Morgan fingerprint density at radius 3 is 2.77 bits per heavy atom. The first kappa shape index (κ1) is 11.3. The topological polar surface area (TPSA) is 27.3 Å². The molecule has 0 aromatic rings. The standard InChI is InChI=1S/C9H21N3S/c1-13-9-5-11-4-8-12-6-2-10-3-7-12/h10-11H,2-9H2,1H3. The van der Waals surface area contributed by atoms with Gasteiger partial charge in [-0.15, -0.1) is 0 Å². The predicted octanol–water partition coefficient (Wildman–Crippen LogP) is -0.156. The molecule has 1 rings (SSSR count). The second-order valence-corrected chi connectivity index (χ2v) is 4.32. The maximum absolute atomic E-state index is 3.45. The average Bonchev–Trinajstić information content (AvgIpc) is 2.19. The Morgan fingerprint density at radius 1 is 1.31 bits per heavy atom. The highest BCUT2D eigenvalue weighted by molar-refractivity contribution is 7.98. The van der Waals surface area contributed by atoms with Gasteiger partial charge in [-0.1, -0.05) is 0 Å². The van der Waals surface area contributed by atoms with Crippen LogP contribution in [0.4, 0.5) is 0 Å². The van der Waals surface area contributed by atoms with E-state index in [1.54, 1.807) is 0 Å². The largest absolute Gasteiger partial charge is 0.315 e. The third-order valence-electron chi connectivity index (χ3n) is 2.30. The fraction of sp³-hybridized carbons (Fsp3) is 1.00. The Balaban J connectivity index is 1.86. The van der Waals surface area contributed by atoms with Crippen molar-refractivity contribution in [1.82, 2.24) is 15.5 Å². The molecule has 78 valence electrons. The zero-order chi connectivity index (χ0) is 9.36. The van der Waals surface area contributed by atoms with Crippen LogP contribution in [0.5, 0.6) is 0 Å². The van der Waals surface area contributed by atoms with Crippen LogP contribution in [0.15, 0.2) is 0 Å². The molecule has 0 saturated carbocycles. The summed E-state index contributed by atoms with van der Waals surface area (Å²) in [5, 5.41) is 6.81. The molecule has 2 N–H and O–H groups in total. The van der Waals surface area contributed by atoms with E-state index in [2.05, 4.69) is 21.8 Å². The summed E-state index contributed by atoms with van der Waals surface area (Å²) in [5.41, 5.74) is 0. The Hall–Kier alpha value is 0.230. The van der Waals surface area contributed by atoms with Gasteiger partial charge < -0.3 is 10.6 Å². The monoisotopic (exact) mass is 203 g/mol. The van der Waals surface area contributed by atoms with Gasteiger partial charge in [0, 0.05) is 51.6 Å². The number of hydrogen-bond donors (Lipinski definition) is 2. The molecule has 0 radical (unpaired) electrons. The number of hydrogen-bond acceptors (Lipinski definition) is 4. The highest BCUT2D eigenvalue weighted by Crippen LogP contribution is 1.90. The lowest BCUT2D eigenvalue weighted by molar-refractivity contribution is 0.242. The second-order valence-electron chi connectivity index (χ2n) is 3.33. The minimum atomic E-state index is 1.14. The van der Waals surface area contributed by atoms with Crippen LogP contribution in [0, 0.1) is 0 Å². The van der Waals surface area contributed by atoms with Crippen LogP contribution in [0.25, 0.3) is 0 Å². The fourth-order valence-corrected chi connectivity index (χ4v) is 1.82. The van der Waals surface area contributed by atoms with Crippen LogP contribution in [-0.2, 0) is 0 Å². The van der Waals surface area contributed by atoms with Gasteiger partial charge in [-0.2, -0.15) is 11.8 Å². The molecule has 0 spiro atoms. The van der Waals surface area contributed by atoms with Crippen molar-refractivity contribution in [1.29, 1.82) is 0 Å². The third kappa shape index (κ3) is 5.52. The molecule has 0 aromatic heterocycles. The van der Waals surface area contributed by atoms with Crippen molar-refractivity contribution in [3.05, 3.63) is 0 Å². The van der Waals surface area contributed by atoms with Crippen LogP contribution >= 0.6 is 11.8 Å². The lowest BCUT2D eigenvalue weighted by Gasteiger charge is -2.27. The highest BCUT2D eigenvalue weighted by atomic mass is 32.2. The zero-order valence-corrected chi connectivity index (χ0v) is 9.33. The lowest BCUT2D eigenvalue weighted by Crippen LogP contribution is -2.45. The molecule has 0 aromatic carbocycles. The van der Waals surface area contributed by atoms with E-state index in [9.17, 15) is 0 Å². The van der Waals surface area contributed by atoms with E-state index in [-0.39, 0.29) is 0 Å². The summed E-state index contributed by atoms with van der Waals surface area (Å²) >= 11 is 1.90. The van der Waals surface area contributed by atoms with E-state index < -0.39 is 0 Å². The quantitative estimate of drug-likeness (QED) is 0.587. The zero-order valence-electron chi connectivity index (χ0n) is 8.51. The van der Waals surface area contributed by atoms with Gasteiger partial charge >= 0.3 is 0 Å². The normalized spacial score (nSPS) is 19.2. The van der Waals surface area contributed by atoms with Crippen molar-refractivity contribution in [3.63, 3.8) is 0 Å². The van der Waals surface area contributed by atoms with Crippen molar-refractivity contribution in [2.24, 2.45) is 0 Å². The van der Waals surface area contributed by atoms with Crippen molar-refractivity contribution in [2.45, 2.75) is 0 Å². The number of piperazine rings is 1. The van der Waals surface area contributed by atoms with Crippen molar-refractivity contribution in [2.75, 3.05) is 57.8 Å². The number of nitrogens with zero attached hydrogens (tertiary/aromatic N) is 1. The molecule has 4 heteroatoms. The molecule has 1 fully saturated rings. The van der Waals surface area contributed by atoms with Gasteiger partial charge in [-0.3, -0.25) is 4.90 Å². The van der Waals surface area contributed by atoms with Crippen LogP contribution in [0.2, 0.25) is 0 Å². The molecule has 0 unspecified atom stereocenters. The van der Waals surface area contributed by atoms with Gasteiger partial charge in [0.15, 0.2) is 0 Å². The summed E-state index contributed by atoms with van der Waals surface area (Å²) in [4.78, 5) is 2.52. The van der Waals surface area contributed by atoms with E-state index in [4.69, 9.17) is 0 Å². The second kappa shape index (κ2) is 7.62. The van der Waals surface area contributed by atoms with Crippen LogP contribution in [0.1, 0.15) is 0 Å². The molecule has 1 aliphatic heterocycles. The molecule has 1 aliphatic rings. The van der Waals surface area contributed by atoms with Crippen LogP contribution < -0.4 is 10.6 Å². The van der Waals surface area contributed by atoms with Gasteiger partial charge in [-0.25, -0.2) is 0 Å². The summed E-state index contributed by atoms with van der Waals surface area (Å²) in [6.45, 7) is 8.23. The molecule has 3 nitrogen and oxygen atoms in total. The van der Waals surface area contributed by atoms with Gasteiger partial charge in [0.25, 0.3) is 0 Å². The minimum Gasteiger partial charge on any atom is -0.315 e. The SMILES string of the molecule is CSCCNCCN1CCNCC1. The van der Waals surface area contributed by atoms with Crippen molar-refractivity contribution < 1.29 is 0 Å². The number of thioether (sulfide) groups is 1. The molecule has 1 saturated heterocycles. The molecule has 0 atom stereocenters. The average molecular weight is 203 g/mol. The minimum absolute atomic E-state index is 1.14. The van der Waals surface area contributed by atoms with E-state index in [0.29, 0.717) is 0 Å². The van der Waals surface area contributed by atoms with E-state index in [1.165, 1.54) is 25.4 Å². The molecule has 0 bridgehead atoms. The highest BCUT2D eigenvalue weighted by Gasteiger charge is 2.07. The van der Waals surface area contributed by atoms with Crippen molar-refractivity contribution in [3.8, 4) is 0 Å². The molecule has 1 heterocycles. The first-order valence-electron chi connectivity index (χ1n) is 5.06. The first-order chi connectivity index (χ1) is 6.43. The first-order valence-corrected chi connectivity index (χ1v) is 6.45. The Kier molecular flexibility index (Phi) is 6.62. The molecule has 0 amide bonds. The summed E-state index contributed by atoms with van der Waals surface area (Å²) < 4.78 is 0. The molecule has 13 heavy (non-hydrogen) atoms. The maximum Gasteiger partial charge on any atom is 0.0108 e. The summed E-state index contributed by atoms with van der Waals surface area (Å²) in [6, 6.07) is 0. The Labute approximate surface area is 85.6 Å². The number of nitrogens with one attached hydrogen (secondary N) is 2. The van der Waals surface area contributed by atoms with Gasteiger partial charge in [-0.05, 0) is 6.26 Å². The van der Waals surface area contributed by atoms with E-state index >= 15 is 0 Å². The maximum atomic E-state index is 3.45. The van der Waals surface area contributed by atoms with Gasteiger partial charge in [0.1, 0.15) is 0 Å². The van der Waals surface area contributed by atoms with Crippen molar-refractivity contribution >= 4 is 11.8 Å². The van der Waals surface area contributed by atoms with Gasteiger partial charge in [0.05, 0.1) is 0 Å². The molecular formula is C9H21N3S. The van der Waals surface area contributed by atoms with E-state index in [1.807, 2.05) is 11.8 Å². The summed E-state index contributed by atoms with van der Waals surface area (Å²) in [5.74, 6) is 1.22. The fourth-order valence-electron chi connectivity index (χ4n) is 1.47. The molecular weight excluding hydrogens is 182 g/mol. The molecule has 0 aliphatic carbocycles. The third-order valence-corrected chi connectivity index (χ3v) is 2.91. The lowest BCUT2D eigenvalue weighted by atomic mass is 10.3. The van der Waals surface area contributed by atoms with Crippen LogP contribution in [0.3, 0.4) is 0 Å². The Morgan fingerprint density at radius 2 is 2.08 bits per heavy atom. The van der Waals surface area contributed by atoms with Crippen LogP contribution in [-0.4, -0.2) is 62.7 Å². The number of rotatable bonds is 6. The Bertz CT molecular complexity index is 115. The van der Waals surface area contributed by atoms with Gasteiger partial charge in [0.2, 0.25) is 0 Å².